The van der Waals surface area contributed by atoms with Crippen LogP contribution in [0.2, 0.25) is 0 Å². The Hall–Kier alpha value is -2.28. The number of fused-ring (bicyclic) bond motifs is 1. The first-order valence-electron chi connectivity index (χ1n) is 7.56. The quantitative estimate of drug-likeness (QED) is 0.734. The molecule has 0 aliphatic heterocycles. The largest absolute Gasteiger partial charge is 0.356 e. The molecule has 5 nitrogen and oxygen atoms in total. The van der Waals surface area contributed by atoms with Crippen LogP contribution in [-0.4, -0.2) is 32.3 Å². The van der Waals surface area contributed by atoms with Crippen LogP contribution in [-0.2, 0) is 13.0 Å². The summed E-state index contributed by atoms with van der Waals surface area (Å²) in [5.41, 5.74) is 2.18. The molecule has 2 aromatic heterocycles. The highest BCUT2D eigenvalue weighted by atomic mass is 19.1. The average molecular weight is 319 g/mol. The van der Waals surface area contributed by atoms with Gasteiger partial charge in [0.15, 0.2) is 0 Å². The number of aromatic nitrogens is 4. The molecule has 3 rings (SSSR count). The average Bonchev–Trinajstić information content (AvgIpc) is 3.09. The molecule has 2 N–H and O–H groups in total. The Kier molecular flexibility index (Phi) is 4.38. The molecule has 0 radical (unpaired) electrons. The molecular weight excluding hydrogens is 300 g/mol. The van der Waals surface area contributed by atoms with Gasteiger partial charge in [0.1, 0.15) is 24.3 Å². The Morgan fingerprint density at radius 3 is 2.91 bits per heavy atom. The van der Waals surface area contributed by atoms with Gasteiger partial charge >= 0.3 is 0 Å². The summed E-state index contributed by atoms with van der Waals surface area (Å²) in [5, 5.41) is 8.07. The summed E-state index contributed by atoms with van der Waals surface area (Å²) in [4.78, 5) is 6.91. The summed E-state index contributed by atoms with van der Waals surface area (Å²) in [7, 11) is 0. The lowest BCUT2D eigenvalue weighted by Crippen LogP contribution is -2.32. The lowest BCUT2D eigenvalue weighted by atomic mass is 10.1. The van der Waals surface area contributed by atoms with E-state index in [9.17, 15) is 8.78 Å². The summed E-state index contributed by atoms with van der Waals surface area (Å²) in [6.45, 7) is 5.37. The van der Waals surface area contributed by atoms with Gasteiger partial charge in [0.05, 0.1) is 12.1 Å². The smallest absolute Gasteiger partial charge is 0.150 e. The molecule has 23 heavy (non-hydrogen) atoms. The number of halogens is 2. The molecule has 0 saturated heterocycles. The fraction of sp³-hybridized carbons (Fsp3) is 0.375. The fourth-order valence-electron chi connectivity index (χ4n) is 2.84. The summed E-state index contributed by atoms with van der Waals surface area (Å²) in [6, 6.07) is 2.51. The molecule has 0 unspecified atom stereocenters. The lowest BCUT2D eigenvalue weighted by molar-refractivity contribution is 0.453. The van der Waals surface area contributed by atoms with Crippen LogP contribution >= 0.6 is 0 Å². The van der Waals surface area contributed by atoms with Gasteiger partial charge in [0, 0.05) is 23.2 Å². The molecule has 0 saturated carbocycles. The first-order valence-corrected chi connectivity index (χ1v) is 7.56. The number of nitrogens with one attached hydrogen (secondary N) is 2. The Morgan fingerprint density at radius 1 is 1.35 bits per heavy atom. The van der Waals surface area contributed by atoms with Gasteiger partial charge in [-0.3, -0.25) is 4.68 Å². The minimum absolute atomic E-state index is 0.218. The van der Waals surface area contributed by atoms with Crippen molar-refractivity contribution < 1.29 is 8.78 Å². The van der Waals surface area contributed by atoms with Crippen LogP contribution < -0.4 is 5.32 Å². The fourth-order valence-corrected chi connectivity index (χ4v) is 2.84. The Morgan fingerprint density at radius 2 is 2.17 bits per heavy atom. The first kappa shape index (κ1) is 15.6. The SMILES string of the molecule is Cc1[nH]c2c(F)cc(F)cc2c1CCN[C@H](C)Cn1cncn1. The molecule has 1 aromatic carbocycles. The van der Waals surface area contributed by atoms with E-state index in [0.717, 1.165) is 23.9 Å². The van der Waals surface area contributed by atoms with E-state index in [2.05, 4.69) is 27.3 Å². The number of hydrogen-bond acceptors (Lipinski definition) is 3. The van der Waals surface area contributed by atoms with Gasteiger partial charge < -0.3 is 10.3 Å². The van der Waals surface area contributed by atoms with Crippen molar-refractivity contribution in [3.8, 4) is 0 Å². The van der Waals surface area contributed by atoms with E-state index < -0.39 is 11.6 Å². The number of hydrogen-bond donors (Lipinski definition) is 2. The van der Waals surface area contributed by atoms with Crippen LogP contribution in [0.4, 0.5) is 8.78 Å². The number of benzene rings is 1. The summed E-state index contributed by atoms with van der Waals surface area (Å²) < 4.78 is 29.0. The van der Waals surface area contributed by atoms with Crippen molar-refractivity contribution in [2.45, 2.75) is 32.9 Å². The van der Waals surface area contributed by atoms with E-state index in [1.807, 2.05) is 6.92 Å². The van der Waals surface area contributed by atoms with Crippen molar-refractivity contribution in [3.63, 3.8) is 0 Å². The third kappa shape index (κ3) is 3.39. The van der Waals surface area contributed by atoms with E-state index in [1.165, 1.54) is 12.4 Å². The second-order valence-electron chi connectivity index (χ2n) is 5.76. The monoisotopic (exact) mass is 319 g/mol. The zero-order valence-electron chi connectivity index (χ0n) is 13.1. The second-order valence-corrected chi connectivity index (χ2v) is 5.76. The highest BCUT2D eigenvalue weighted by Crippen LogP contribution is 2.25. The third-order valence-electron chi connectivity index (χ3n) is 3.94. The molecule has 0 bridgehead atoms. The molecule has 0 aliphatic rings. The van der Waals surface area contributed by atoms with Gasteiger partial charge in [-0.25, -0.2) is 13.8 Å². The van der Waals surface area contributed by atoms with Gasteiger partial charge in [-0.1, -0.05) is 0 Å². The van der Waals surface area contributed by atoms with Gasteiger partial charge in [0.25, 0.3) is 0 Å². The van der Waals surface area contributed by atoms with Crippen molar-refractivity contribution in [2.75, 3.05) is 6.54 Å². The van der Waals surface area contributed by atoms with Crippen molar-refractivity contribution in [1.29, 1.82) is 0 Å². The maximum absolute atomic E-state index is 13.8. The van der Waals surface area contributed by atoms with Crippen LogP contribution in [0.3, 0.4) is 0 Å². The molecule has 0 spiro atoms. The Labute approximate surface area is 132 Å². The summed E-state index contributed by atoms with van der Waals surface area (Å²) >= 11 is 0. The van der Waals surface area contributed by atoms with Crippen LogP contribution in [0, 0.1) is 18.6 Å². The topological polar surface area (TPSA) is 58.5 Å². The highest BCUT2D eigenvalue weighted by Gasteiger charge is 2.13. The molecule has 7 heteroatoms. The molecule has 0 aliphatic carbocycles. The Balaban J connectivity index is 1.66. The summed E-state index contributed by atoms with van der Waals surface area (Å²) in [5.74, 6) is -1.11. The minimum atomic E-state index is -0.554. The normalized spacial score (nSPS) is 12.9. The Bertz CT molecular complexity index is 795. The molecule has 1 atom stereocenters. The van der Waals surface area contributed by atoms with Crippen LogP contribution in [0.1, 0.15) is 18.2 Å². The van der Waals surface area contributed by atoms with E-state index in [4.69, 9.17) is 0 Å². The predicted molar refractivity (Wildman–Crippen MR) is 84.1 cm³/mol. The predicted octanol–water partition coefficient (Wildman–Crippen LogP) is 2.57. The van der Waals surface area contributed by atoms with Crippen LogP contribution in [0.5, 0.6) is 0 Å². The number of nitrogens with zero attached hydrogens (tertiary/aromatic N) is 3. The third-order valence-corrected chi connectivity index (χ3v) is 3.94. The number of rotatable bonds is 6. The van der Waals surface area contributed by atoms with Crippen LogP contribution in [0.15, 0.2) is 24.8 Å². The molecule has 3 aromatic rings. The number of H-pyrrole nitrogens is 1. The van der Waals surface area contributed by atoms with Gasteiger partial charge in [-0.15, -0.1) is 0 Å². The van der Waals surface area contributed by atoms with E-state index in [0.29, 0.717) is 23.9 Å². The van der Waals surface area contributed by atoms with Crippen molar-refractivity contribution in [1.82, 2.24) is 25.1 Å². The van der Waals surface area contributed by atoms with Gasteiger partial charge in [-0.2, -0.15) is 5.10 Å². The number of aromatic amines is 1. The maximum atomic E-state index is 13.8. The zero-order chi connectivity index (χ0) is 16.4. The molecule has 0 amide bonds. The highest BCUT2D eigenvalue weighted by molar-refractivity contribution is 5.85. The lowest BCUT2D eigenvalue weighted by Gasteiger charge is -2.13. The van der Waals surface area contributed by atoms with E-state index in [-0.39, 0.29) is 6.04 Å². The standard InChI is InChI=1S/C16H19F2N5/c1-10(7-23-9-19-8-21-23)20-4-3-13-11(2)22-16-14(13)5-12(17)6-15(16)18/h5-6,8-10,20,22H,3-4,7H2,1-2H3/t10-/m1/s1. The van der Waals surface area contributed by atoms with Crippen molar-refractivity contribution in [3.05, 3.63) is 47.7 Å². The molecular formula is C16H19F2N5. The second kappa shape index (κ2) is 6.45. The zero-order valence-corrected chi connectivity index (χ0v) is 13.1. The summed E-state index contributed by atoms with van der Waals surface area (Å²) in [6.07, 6.45) is 3.87. The van der Waals surface area contributed by atoms with E-state index >= 15 is 0 Å². The minimum Gasteiger partial charge on any atom is -0.356 e. The number of aryl methyl sites for hydroxylation is 1. The molecule has 2 heterocycles. The van der Waals surface area contributed by atoms with Crippen LogP contribution in [0.25, 0.3) is 10.9 Å². The maximum Gasteiger partial charge on any atom is 0.150 e. The van der Waals surface area contributed by atoms with Crippen molar-refractivity contribution in [2.24, 2.45) is 0 Å². The molecule has 122 valence electrons. The first-order chi connectivity index (χ1) is 11.0. The molecule has 0 fully saturated rings. The van der Waals surface area contributed by atoms with Gasteiger partial charge in [-0.05, 0) is 38.4 Å². The van der Waals surface area contributed by atoms with E-state index in [1.54, 1.807) is 11.0 Å². The van der Waals surface area contributed by atoms with Gasteiger partial charge in [0.2, 0.25) is 0 Å². The van der Waals surface area contributed by atoms with Crippen molar-refractivity contribution >= 4 is 10.9 Å².